The molecule has 1 aliphatic rings. The fourth-order valence-corrected chi connectivity index (χ4v) is 1.26. The lowest BCUT2D eigenvalue weighted by molar-refractivity contribution is -0.150. The summed E-state index contributed by atoms with van der Waals surface area (Å²) in [6, 6.07) is 0. The molecular weight excluding hydrogens is 164 g/mol. The highest BCUT2D eigenvalue weighted by Gasteiger charge is 2.38. The Morgan fingerprint density at radius 3 is 2.75 bits per heavy atom. The van der Waals surface area contributed by atoms with E-state index in [4.69, 9.17) is 19.7 Å². The van der Waals surface area contributed by atoms with Crippen molar-refractivity contribution in [3.05, 3.63) is 0 Å². The van der Waals surface area contributed by atoms with Gasteiger partial charge in [0.25, 0.3) is 0 Å². The maximum atomic E-state index is 9.32. The van der Waals surface area contributed by atoms with Gasteiger partial charge in [-0.1, -0.05) is 0 Å². The Hall–Kier alpha value is -0.200. The second-order valence-electron chi connectivity index (χ2n) is 2.82. The average molecular weight is 178 g/mol. The fourth-order valence-electron chi connectivity index (χ4n) is 1.26. The smallest absolute Gasteiger partial charge is 0.160 e. The van der Waals surface area contributed by atoms with Gasteiger partial charge in [0.2, 0.25) is 0 Å². The average Bonchev–Trinajstić information content (AvgIpc) is 2.45. The van der Waals surface area contributed by atoms with Crippen LogP contribution in [0.1, 0.15) is 6.42 Å². The molecule has 0 radical (unpaired) electrons. The third-order valence-corrected chi connectivity index (χ3v) is 1.95. The molecule has 0 spiro atoms. The molecule has 0 amide bonds. The number of methoxy groups -OCH3 is 1. The molecule has 0 bridgehead atoms. The van der Waals surface area contributed by atoms with Gasteiger partial charge in [-0.3, -0.25) is 0 Å². The summed E-state index contributed by atoms with van der Waals surface area (Å²) in [5.74, 6) is 0. The Kier molecular flexibility index (Phi) is 3.42. The molecule has 0 aliphatic carbocycles. The van der Waals surface area contributed by atoms with Crippen LogP contribution in [0.4, 0.5) is 0 Å². The van der Waals surface area contributed by atoms with E-state index in [1.165, 1.54) is 7.11 Å². The van der Waals surface area contributed by atoms with Crippen LogP contribution in [0.5, 0.6) is 0 Å². The van der Waals surface area contributed by atoms with E-state index >= 15 is 0 Å². The minimum atomic E-state index is -1.04. The molecule has 0 aromatic carbocycles. The van der Waals surface area contributed by atoms with E-state index in [1.54, 1.807) is 0 Å². The molecule has 1 aliphatic heterocycles. The van der Waals surface area contributed by atoms with Crippen molar-refractivity contribution in [2.24, 2.45) is 0 Å². The van der Waals surface area contributed by atoms with Crippen molar-refractivity contribution in [2.75, 3.05) is 13.7 Å². The van der Waals surface area contributed by atoms with Crippen molar-refractivity contribution in [1.29, 1.82) is 0 Å². The molecule has 1 saturated heterocycles. The van der Waals surface area contributed by atoms with Gasteiger partial charge >= 0.3 is 0 Å². The van der Waals surface area contributed by atoms with Gasteiger partial charge in [-0.25, -0.2) is 0 Å². The predicted molar refractivity (Wildman–Crippen MR) is 39.4 cm³/mol. The molecule has 0 unspecified atom stereocenters. The minimum absolute atomic E-state index is 0.332. The van der Waals surface area contributed by atoms with Crippen molar-refractivity contribution in [3.8, 4) is 0 Å². The molecule has 1 rings (SSSR count). The molecule has 1 fully saturated rings. The summed E-state index contributed by atoms with van der Waals surface area (Å²) in [5.41, 5.74) is 0. The Bertz CT molecular complexity index is 140. The summed E-state index contributed by atoms with van der Waals surface area (Å²) in [7, 11) is 1.46. The van der Waals surface area contributed by atoms with Gasteiger partial charge in [0.1, 0.15) is 12.2 Å². The molecule has 0 saturated carbocycles. The quantitative estimate of drug-likeness (QED) is 0.488. The number of aliphatic hydroxyl groups is 3. The summed E-state index contributed by atoms with van der Waals surface area (Å²) in [6.07, 6.45) is -2.69. The van der Waals surface area contributed by atoms with Gasteiger partial charge in [-0.2, -0.15) is 0 Å². The fraction of sp³-hybridized carbons (Fsp3) is 1.00. The van der Waals surface area contributed by atoms with Crippen LogP contribution in [0.25, 0.3) is 0 Å². The lowest BCUT2D eigenvalue weighted by atomic mass is 10.1. The highest BCUT2D eigenvalue weighted by molar-refractivity contribution is 4.83. The van der Waals surface area contributed by atoms with Gasteiger partial charge in [0.05, 0.1) is 12.7 Å². The van der Waals surface area contributed by atoms with Crippen LogP contribution in [0.2, 0.25) is 0 Å². The molecule has 0 aromatic rings. The first kappa shape index (κ1) is 9.88. The van der Waals surface area contributed by atoms with Crippen molar-refractivity contribution >= 4 is 0 Å². The van der Waals surface area contributed by atoms with E-state index in [0.29, 0.717) is 6.42 Å². The summed E-state index contributed by atoms with van der Waals surface area (Å²) in [5, 5.41) is 27.1. The second kappa shape index (κ2) is 4.15. The number of hydrogen-bond acceptors (Lipinski definition) is 5. The number of ether oxygens (including phenoxy) is 2. The first-order valence-corrected chi connectivity index (χ1v) is 3.84. The van der Waals surface area contributed by atoms with Crippen LogP contribution in [-0.4, -0.2) is 53.6 Å². The van der Waals surface area contributed by atoms with Crippen molar-refractivity contribution in [3.63, 3.8) is 0 Å². The molecule has 3 N–H and O–H groups in total. The van der Waals surface area contributed by atoms with Crippen LogP contribution >= 0.6 is 0 Å². The third-order valence-electron chi connectivity index (χ3n) is 1.95. The predicted octanol–water partition coefficient (Wildman–Crippen LogP) is -1.54. The maximum Gasteiger partial charge on any atom is 0.160 e. The molecule has 0 aromatic heterocycles. The Morgan fingerprint density at radius 1 is 1.67 bits per heavy atom. The standard InChI is InChI=1S/C7H14O5/c1-11-6-2-4(9)7(12-6)5(10)3-8/h4-10H,2-3H2,1H3/t4-,5-,6+,7-/m1/s1. The molecule has 12 heavy (non-hydrogen) atoms. The van der Waals surface area contributed by atoms with Crippen molar-refractivity contribution in [2.45, 2.75) is 31.0 Å². The van der Waals surface area contributed by atoms with Crippen molar-refractivity contribution < 1.29 is 24.8 Å². The SMILES string of the molecule is CO[C@@H]1C[C@@H](O)[C@H]([C@H](O)CO)O1. The van der Waals surface area contributed by atoms with Crippen LogP contribution < -0.4 is 0 Å². The van der Waals surface area contributed by atoms with Crippen LogP contribution in [0.3, 0.4) is 0 Å². The first-order valence-electron chi connectivity index (χ1n) is 3.84. The van der Waals surface area contributed by atoms with E-state index in [9.17, 15) is 5.11 Å². The number of rotatable bonds is 3. The molecule has 1 heterocycles. The summed E-state index contributed by atoms with van der Waals surface area (Å²) in [4.78, 5) is 0. The summed E-state index contributed by atoms with van der Waals surface area (Å²) >= 11 is 0. The van der Waals surface area contributed by atoms with Crippen LogP contribution in [0, 0.1) is 0 Å². The summed E-state index contributed by atoms with van der Waals surface area (Å²) in [6.45, 7) is -0.418. The van der Waals surface area contributed by atoms with E-state index in [1.807, 2.05) is 0 Å². The zero-order chi connectivity index (χ0) is 9.14. The molecule has 5 nitrogen and oxygen atoms in total. The van der Waals surface area contributed by atoms with E-state index in [0.717, 1.165) is 0 Å². The number of aliphatic hydroxyl groups excluding tert-OH is 3. The third kappa shape index (κ3) is 1.94. The zero-order valence-corrected chi connectivity index (χ0v) is 6.88. The highest BCUT2D eigenvalue weighted by atomic mass is 16.7. The molecular formula is C7H14O5. The van der Waals surface area contributed by atoms with Gasteiger partial charge in [-0.15, -0.1) is 0 Å². The lowest BCUT2D eigenvalue weighted by Gasteiger charge is -2.18. The van der Waals surface area contributed by atoms with Crippen LogP contribution in [0.15, 0.2) is 0 Å². The minimum Gasteiger partial charge on any atom is -0.394 e. The van der Waals surface area contributed by atoms with E-state index < -0.39 is 31.2 Å². The van der Waals surface area contributed by atoms with Gasteiger partial charge in [0.15, 0.2) is 6.29 Å². The lowest BCUT2D eigenvalue weighted by Crippen LogP contribution is -2.36. The normalized spacial score (nSPS) is 38.5. The maximum absolute atomic E-state index is 9.32. The zero-order valence-electron chi connectivity index (χ0n) is 6.88. The Morgan fingerprint density at radius 2 is 2.33 bits per heavy atom. The molecule has 4 atom stereocenters. The summed E-state index contributed by atoms with van der Waals surface area (Å²) < 4.78 is 9.92. The van der Waals surface area contributed by atoms with E-state index in [-0.39, 0.29) is 0 Å². The van der Waals surface area contributed by atoms with Gasteiger partial charge in [0, 0.05) is 13.5 Å². The van der Waals surface area contributed by atoms with Gasteiger partial charge in [-0.05, 0) is 0 Å². The topological polar surface area (TPSA) is 79.2 Å². The van der Waals surface area contributed by atoms with Gasteiger partial charge < -0.3 is 24.8 Å². The molecule has 72 valence electrons. The van der Waals surface area contributed by atoms with Crippen molar-refractivity contribution in [1.82, 2.24) is 0 Å². The Labute approximate surface area is 70.5 Å². The largest absolute Gasteiger partial charge is 0.394 e. The second-order valence-corrected chi connectivity index (χ2v) is 2.82. The molecule has 5 heteroatoms. The monoisotopic (exact) mass is 178 g/mol. The number of hydrogen-bond donors (Lipinski definition) is 3. The first-order chi connectivity index (χ1) is 5.69. The van der Waals surface area contributed by atoms with E-state index in [2.05, 4.69) is 0 Å². The van der Waals surface area contributed by atoms with Crippen LogP contribution in [-0.2, 0) is 9.47 Å². The highest BCUT2D eigenvalue weighted by Crippen LogP contribution is 2.22. The Balaban J connectivity index is 2.45.